The average molecular weight is 471 g/mol. The number of rotatable bonds is 2. The zero-order valence-electron chi connectivity index (χ0n) is 11.0. The van der Waals surface area contributed by atoms with Gasteiger partial charge in [0.15, 0.2) is 0 Å². The van der Waals surface area contributed by atoms with E-state index in [1.165, 1.54) is 12.8 Å². The summed E-state index contributed by atoms with van der Waals surface area (Å²) < 4.78 is 0. The van der Waals surface area contributed by atoms with Crippen LogP contribution in [0.2, 0.25) is 0 Å². The van der Waals surface area contributed by atoms with Crippen molar-refractivity contribution in [2.45, 2.75) is 50.7 Å². The van der Waals surface area contributed by atoms with E-state index in [-0.39, 0.29) is 32.7 Å². The molecular formula is C11H20N2O6Pt. The second-order valence-corrected chi connectivity index (χ2v) is 4.67. The van der Waals surface area contributed by atoms with Crippen molar-refractivity contribution in [2.75, 3.05) is 0 Å². The molecule has 0 saturated heterocycles. The fourth-order valence-corrected chi connectivity index (χ4v) is 2.06. The van der Waals surface area contributed by atoms with Gasteiger partial charge in [0.05, 0.1) is 11.9 Å². The number of aliphatic carboxylic acids is 2. The Kier molecular flexibility index (Phi) is 12.5. The largest absolute Gasteiger partial charge is 4.00 e. The summed E-state index contributed by atoms with van der Waals surface area (Å²) in [4.78, 5) is 20.4. The molecule has 0 aromatic carbocycles. The standard InChI is InChI=1S/C6H7O5.C5H10N.H3N.H2O.Pt/c7-3-1-6(2-3,4(8)9)5(10)11;6-5-3-1-2-4-5;;;/h3H,1-2H2,(H,8,9)(H,10,11);5-6H,1-4H2;1H3;1H2;/q2*-1;;;+4/p-2. The van der Waals surface area contributed by atoms with E-state index in [0.29, 0.717) is 6.04 Å². The molecule has 120 valence electrons. The molecule has 0 atom stereocenters. The van der Waals surface area contributed by atoms with Crippen molar-refractivity contribution < 1.29 is 51.5 Å². The van der Waals surface area contributed by atoms with Crippen molar-refractivity contribution in [1.29, 1.82) is 0 Å². The smallest absolute Gasteiger partial charge is 0.852 e. The summed E-state index contributed by atoms with van der Waals surface area (Å²) in [7, 11) is 0. The minimum absolute atomic E-state index is 0. The zero-order valence-corrected chi connectivity index (χ0v) is 13.2. The topological polar surface area (TPSA) is 194 Å². The number of hydrogen-bond donors (Lipinski definition) is 1. The third-order valence-corrected chi connectivity index (χ3v) is 3.29. The molecule has 8 nitrogen and oxygen atoms in total. The minimum Gasteiger partial charge on any atom is -0.852 e. The van der Waals surface area contributed by atoms with Crippen molar-refractivity contribution in [1.82, 2.24) is 6.15 Å². The molecule has 0 radical (unpaired) electrons. The van der Waals surface area contributed by atoms with Crippen molar-refractivity contribution in [3.8, 4) is 0 Å². The molecule has 2 rings (SSSR count). The van der Waals surface area contributed by atoms with Gasteiger partial charge in [0.1, 0.15) is 0 Å². The molecule has 0 aromatic heterocycles. The number of hydrogen-bond acceptors (Lipinski definition) is 6. The molecule has 9 heteroatoms. The predicted molar refractivity (Wildman–Crippen MR) is 60.7 cm³/mol. The Morgan fingerprint density at radius 2 is 1.40 bits per heavy atom. The van der Waals surface area contributed by atoms with Gasteiger partial charge in [0, 0.05) is 5.41 Å². The monoisotopic (exact) mass is 471 g/mol. The maximum Gasteiger partial charge on any atom is 4.00 e. The first-order valence-corrected chi connectivity index (χ1v) is 5.68. The van der Waals surface area contributed by atoms with Crippen LogP contribution in [-0.4, -0.2) is 29.6 Å². The quantitative estimate of drug-likeness (QED) is 0.426. The number of carbonyl (C=O) groups excluding carboxylic acids is 2. The molecule has 6 N–H and O–H groups in total. The van der Waals surface area contributed by atoms with E-state index < -0.39 is 36.3 Å². The van der Waals surface area contributed by atoms with Crippen LogP contribution in [0.4, 0.5) is 0 Å². The van der Waals surface area contributed by atoms with Gasteiger partial charge in [-0.1, -0.05) is 25.7 Å². The first-order chi connectivity index (χ1) is 7.88. The van der Waals surface area contributed by atoms with Crippen LogP contribution in [0, 0.1) is 5.41 Å². The first-order valence-electron chi connectivity index (χ1n) is 5.68. The summed E-state index contributed by atoms with van der Waals surface area (Å²) >= 11 is 0. The Bertz CT molecular complexity index is 287. The Hall–Kier alpha value is -0.532. The van der Waals surface area contributed by atoms with E-state index in [9.17, 15) is 24.9 Å². The molecule has 0 amide bonds. The van der Waals surface area contributed by atoms with Crippen molar-refractivity contribution >= 4 is 11.9 Å². The van der Waals surface area contributed by atoms with Crippen LogP contribution in [0.1, 0.15) is 38.5 Å². The maximum absolute atomic E-state index is 10.4. The van der Waals surface area contributed by atoms with Crippen LogP contribution in [-0.2, 0) is 30.7 Å². The van der Waals surface area contributed by atoms with Gasteiger partial charge in [-0.3, -0.25) is 0 Å². The van der Waals surface area contributed by atoms with Crippen LogP contribution in [0.5, 0.6) is 0 Å². The molecule has 0 heterocycles. The summed E-state index contributed by atoms with van der Waals surface area (Å²) in [6.45, 7) is 0. The molecular weight excluding hydrogens is 451 g/mol. The molecule has 2 fully saturated rings. The molecule has 0 bridgehead atoms. The summed E-state index contributed by atoms with van der Waals surface area (Å²) in [5.74, 6) is -3.44. The summed E-state index contributed by atoms with van der Waals surface area (Å²) in [6.07, 6.45) is 2.96. The molecule has 2 aliphatic rings. The SMILES string of the molecule is N.O.O=C([O-])C1(C(=O)[O-])CC([O-])C1.[NH-]C1CCCC1.[Pt+4]. The van der Waals surface area contributed by atoms with Gasteiger partial charge in [-0.15, -0.1) is 12.1 Å². The van der Waals surface area contributed by atoms with Crippen LogP contribution < -0.4 is 21.5 Å². The summed E-state index contributed by atoms with van der Waals surface area (Å²) in [5, 5.41) is 30.9. The normalized spacial score (nSPS) is 19.9. The molecule has 0 unspecified atom stereocenters. The van der Waals surface area contributed by atoms with Crippen LogP contribution >= 0.6 is 0 Å². The van der Waals surface area contributed by atoms with E-state index in [2.05, 4.69) is 0 Å². The second-order valence-electron chi connectivity index (χ2n) is 4.67. The van der Waals surface area contributed by atoms with Crippen LogP contribution in [0.15, 0.2) is 0 Å². The molecule has 0 aliphatic heterocycles. The van der Waals surface area contributed by atoms with Crippen molar-refractivity contribution in [3.05, 3.63) is 5.73 Å². The van der Waals surface area contributed by atoms with Gasteiger partial charge in [0.25, 0.3) is 0 Å². The van der Waals surface area contributed by atoms with Gasteiger partial charge >= 0.3 is 21.1 Å². The van der Waals surface area contributed by atoms with Gasteiger partial charge in [-0.2, -0.15) is 0 Å². The molecule has 0 aromatic rings. The van der Waals surface area contributed by atoms with Gasteiger partial charge in [-0.05, 0) is 12.8 Å². The fraction of sp³-hybridized carbons (Fsp3) is 0.818. The van der Waals surface area contributed by atoms with E-state index in [4.69, 9.17) is 5.73 Å². The van der Waals surface area contributed by atoms with Crippen molar-refractivity contribution in [2.24, 2.45) is 5.41 Å². The fourth-order valence-electron chi connectivity index (χ4n) is 2.06. The number of carboxylic acid groups (broad SMARTS) is 2. The van der Waals surface area contributed by atoms with E-state index in [1.807, 2.05) is 0 Å². The average Bonchev–Trinajstić information content (AvgIpc) is 2.63. The Morgan fingerprint density at radius 1 is 1.05 bits per heavy atom. The first kappa shape index (κ1) is 24.5. The van der Waals surface area contributed by atoms with E-state index in [1.54, 1.807) is 0 Å². The third-order valence-electron chi connectivity index (χ3n) is 3.29. The van der Waals surface area contributed by atoms with E-state index >= 15 is 0 Å². The zero-order chi connectivity index (χ0) is 13.1. The Morgan fingerprint density at radius 3 is 1.50 bits per heavy atom. The van der Waals surface area contributed by atoms with E-state index in [0.717, 1.165) is 12.8 Å². The van der Waals surface area contributed by atoms with Crippen LogP contribution in [0.25, 0.3) is 5.73 Å². The summed E-state index contributed by atoms with van der Waals surface area (Å²) in [5.41, 5.74) is 5.12. The number of nitrogens with one attached hydrogen (secondary N) is 1. The molecule has 20 heavy (non-hydrogen) atoms. The molecule has 2 saturated carbocycles. The van der Waals surface area contributed by atoms with Crippen molar-refractivity contribution in [3.63, 3.8) is 0 Å². The van der Waals surface area contributed by atoms with Crippen LogP contribution in [0.3, 0.4) is 0 Å². The summed E-state index contributed by atoms with van der Waals surface area (Å²) in [6, 6.07) is 0.296. The third kappa shape index (κ3) is 5.85. The Balaban J connectivity index is -0.000000281. The number of carbonyl (C=O) groups is 2. The maximum atomic E-state index is 10.4. The second kappa shape index (κ2) is 10.2. The van der Waals surface area contributed by atoms with Gasteiger partial charge < -0.3 is 42.3 Å². The Labute approximate surface area is 131 Å². The molecule has 2 aliphatic carbocycles. The predicted octanol–water partition coefficient (Wildman–Crippen LogP) is -2.69. The van der Waals surface area contributed by atoms with Gasteiger partial charge in [0.2, 0.25) is 0 Å². The van der Waals surface area contributed by atoms with Gasteiger partial charge in [-0.25, -0.2) is 0 Å². The number of carboxylic acids is 2. The molecule has 0 spiro atoms. The minimum atomic E-state index is -2.01.